The van der Waals surface area contributed by atoms with E-state index in [0.29, 0.717) is 24.0 Å². The molecular formula is C19H19N3O3. The summed E-state index contributed by atoms with van der Waals surface area (Å²) in [6.07, 6.45) is 1.78. The third kappa shape index (κ3) is 3.20. The maximum Gasteiger partial charge on any atom is 0.261 e. The average molecular weight is 337 g/mol. The van der Waals surface area contributed by atoms with Gasteiger partial charge < -0.3 is 14.2 Å². The quantitative estimate of drug-likeness (QED) is 0.731. The van der Waals surface area contributed by atoms with E-state index >= 15 is 0 Å². The molecule has 0 radical (unpaired) electrons. The average Bonchev–Trinajstić information content (AvgIpc) is 3.28. The minimum atomic E-state index is -0.120. The molecule has 128 valence electrons. The van der Waals surface area contributed by atoms with E-state index in [9.17, 15) is 4.79 Å². The van der Waals surface area contributed by atoms with E-state index in [1.807, 2.05) is 42.5 Å². The zero-order chi connectivity index (χ0) is 17.2. The van der Waals surface area contributed by atoms with E-state index in [1.54, 1.807) is 11.8 Å². The molecule has 4 rings (SSSR count). The molecule has 2 aromatic carbocycles. The van der Waals surface area contributed by atoms with Gasteiger partial charge in [0.05, 0.1) is 6.04 Å². The second-order valence-corrected chi connectivity index (χ2v) is 6.21. The Bertz CT molecular complexity index is 906. The van der Waals surface area contributed by atoms with Crippen molar-refractivity contribution in [3.05, 3.63) is 54.2 Å². The highest BCUT2D eigenvalue weighted by Crippen LogP contribution is 2.30. The third-order valence-electron chi connectivity index (χ3n) is 4.50. The van der Waals surface area contributed by atoms with E-state index in [1.165, 1.54) is 0 Å². The van der Waals surface area contributed by atoms with Crippen molar-refractivity contribution in [1.82, 2.24) is 15.0 Å². The molecule has 0 saturated carbocycles. The zero-order valence-corrected chi connectivity index (χ0v) is 14.0. The van der Waals surface area contributed by atoms with Crippen LogP contribution in [0.4, 0.5) is 0 Å². The molecule has 6 nitrogen and oxygen atoms in total. The topological polar surface area (TPSA) is 68.5 Å². The molecule has 6 heteroatoms. The van der Waals surface area contributed by atoms with Crippen molar-refractivity contribution in [3.63, 3.8) is 0 Å². The van der Waals surface area contributed by atoms with Crippen LogP contribution in [0.5, 0.6) is 5.75 Å². The Labute approximate surface area is 145 Å². The fourth-order valence-electron chi connectivity index (χ4n) is 3.27. The molecule has 1 aliphatic heterocycles. The Morgan fingerprint density at radius 3 is 2.92 bits per heavy atom. The molecule has 1 saturated heterocycles. The fraction of sp³-hybridized carbons (Fsp3) is 0.316. The van der Waals surface area contributed by atoms with Gasteiger partial charge in [-0.25, -0.2) is 0 Å². The van der Waals surface area contributed by atoms with Crippen molar-refractivity contribution in [3.8, 4) is 5.75 Å². The first-order chi connectivity index (χ1) is 12.2. The summed E-state index contributed by atoms with van der Waals surface area (Å²) in [5, 5.41) is 6.20. The van der Waals surface area contributed by atoms with Crippen LogP contribution in [-0.4, -0.2) is 34.1 Å². The molecule has 1 fully saturated rings. The second-order valence-electron chi connectivity index (χ2n) is 6.21. The third-order valence-corrected chi connectivity index (χ3v) is 4.50. The number of ether oxygens (including phenoxy) is 1. The van der Waals surface area contributed by atoms with Crippen molar-refractivity contribution < 1.29 is 14.1 Å². The summed E-state index contributed by atoms with van der Waals surface area (Å²) < 4.78 is 10.8. The summed E-state index contributed by atoms with van der Waals surface area (Å²) in [4.78, 5) is 18.6. The molecule has 1 unspecified atom stereocenters. The SMILES string of the molecule is Cc1nc(C2CCCN2C(=O)COc2ccc3ccccc3c2)no1. The van der Waals surface area contributed by atoms with Gasteiger partial charge in [0.1, 0.15) is 5.75 Å². The van der Waals surface area contributed by atoms with Gasteiger partial charge in [0.2, 0.25) is 5.89 Å². The number of aromatic nitrogens is 2. The van der Waals surface area contributed by atoms with Gasteiger partial charge in [0.15, 0.2) is 12.4 Å². The number of benzene rings is 2. The van der Waals surface area contributed by atoms with Crippen molar-refractivity contribution >= 4 is 16.7 Å². The number of hydrogen-bond acceptors (Lipinski definition) is 5. The van der Waals surface area contributed by atoms with Gasteiger partial charge in [0, 0.05) is 13.5 Å². The molecule has 0 aliphatic carbocycles. The molecule has 25 heavy (non-hydrogen) atoms. The molecule has 0 bridgehead atoms. The van der Waals surface area contributed by atoms with Crippen LogP contribution in [0.15, 0.2) is 47.0 Å². The zero-order valence-electron chi connectivity index (χ0n) is 14.0. The lowest BCUT2D eigenvalue weighted by molar-refractivity contribution is -0.134. The van der Waals surface area contributed by atoms with Crippen molar-refractivity contribution in [2.45, 2.75) is 25.8 Å². The van der Waals surface area contributed by atoms with Gasteiger partial charge in [0.25, 0.3) is 5.91 Å². The van der Waals surface area contributed by atoms with Crippen LogP contribution < -0.4 is 4.74 Å². The second kappa shape index (κ2) is 6.55. The normalized spacial score (nSPS) is 17.2. The number of nitrogens with zero attached hydrogens (tertiary/aromatic N) is 3. The predicted molar refractivity (Wildman–Crippen MR) is 92.2 cm³/mol. The lowest BCUT2D eigenvalue weighted by Crippen LogP contribution is -2.34. The Balaban J connectivity index is 1.43. The number of carbonyl (C=O) groups excluding carboxylic acids is 1. The monoisotopic (exact) mass is 337 g/mol. The lowest BCUT2D eigenvalue weighted by atomic mass is 10.1. The number of amides is 1. The summed E-state index contributed by atoms with van der Waals surface area (Å²) >= 11 is 0. The van der Waals surface area contributed by atoms with Gasteiger partial charge in [-0.05, 0) is 35.7 Å². The van der Waals surface area contributed by atoms with E-state index < -0.39 is 0 Å². The summed E-state index contributed by atoms with van der Waals surface area (Å²) in [7, 11) is 0. The first kappa shape index (κ1) is 15.6. The summed E-state index contributed by atoms with van der Waals surface area (Å²) in [5.41, 5.74) is 0. The minimum Gasteiger partial charge on any atom is -0.484 e. The molecule has 1 aliphatic rings. The van der Waals surface area contributed by atoms with Crippen LogP contribution in [-0.2, 0) is 4.79 Å². The number of rotatable bonds is 4. The van der Waals surface area contributed by atoms with E-state index in [0.717, 1.165) is 23.6 Å². The highest BCUT2D eigenvalue weighted by Gasteiger charge is 2.33. The highest BCUT2D eigenvalue weighted by molar-refractivity contribution is 5.84. The summed E-state index contributed by atoms with van der Waals surface area (Å²) in [5.74, 6) is 1.73. The van der Waals surface area contributed by atoms with Gasteiger partial charge in [-0.15, -0.1) is 0 Å². The van der Waals surface area contributed by atoms with Crippen molar-refractivity contribution in [1.29, 1.82) is 0 Å². The molecule has 0 spiro atoms. The van der Waals surface area contributed by atoms with Crippen LogP contribution >= 0.6 is 0 Å². The Hall–Kier alpha value is -2.89. The van der Waals surface area contributed by atoms with Crippen LogP contribution in [0, 0.1) is 6.92 Å². The lowest BCUT2D eigenvalue weighted by Gasteiger charge is -2.22. The molecule has 2 heterocycles. The number of fused-ring (bicyclic) bond motifs is 1. The minimum absolute atomic E-state index is 0.00563. The summed E-state index contributed by atoms with van der Waals surface area (Å²) in [6, 6.07) is 13.8. The number of hydrogen-bond donors (Lipinski definition) is 0. The molecule has 1 amide bonds. The van der Waals surface area contributed by atoms with Crippen LogP contribution in [0.1, 0.15) is 30.6 Å². The van der Waals surface area contributed by atoms with Gasteiger partial charge >= 0.3 is 0 Å². The van der Waals surface area contributed by atoms with Crippen LogP contribution in [0.25, 0.3) is 10.8 Å². The number of likely N-dealkylation sites (tertiary alicyclic amines) is 1. The van der Waals surface area contributed by atoms with Gasteiger partial charge in [-0.3, -0.25) is 4.79 Å². The van der Waals surface area contributed by atoms with Crippen molar-refractivity contribution in [2.24, 2.45) is 0 Å². The molecule has 0 N–H and O–H groups in total. The smallest absolute Gasteiger partial charge is 0.261 e. The predicted octanol–water partition coefficient (Wildman–Crippen LogP) is 3.27. The number of carbonyl (C=O) groups is 1. The molecule has 1 aromatic heterocycles. The van der Waals surface area contributed by atoms with Crippen LogP contribution in [0.2, 0.25) is 0 Å². The van der Waals surface area contributed by atoms with Gasteiger partial charge in [-0.2, -0.15) is 4.98 Å². The number of aryl methyl sites for hydroxylation is 1. The summed E-state index contributed by atoms with van der Waals surface area (Å²) in [6.45, 7) is 2.45. The maximum atomic E-state index is 12.6. The highest BCUT2D eigenvalue weighted by atomic mass is 16.5. The standard InChI is InChI=1S/C19H19N3O3/c1-13-20-19(21-25-13)17-7-4-10-22(17)18(23)12-24-16-9-8-14-5-2-3-6-15(14)11-16/h2-3,5-6,8-9,11,17H,4,7,10,12H2,1H3. The molecule has 1 atom stereocenters. The fourth-order valence-corrected chi connectivity index (χ4v) is 3.27. The Morgan fingerprint density at radius 2 is 2.12 bits per heavy atom. The first-order valence-electron chi connectivity index (χ1n) is 8.42. The van der Waals surface area contributed by atoms with E-state index in [-0.39, 0.29) is 18.6 Å². The van der Waals surface area contributed by atoms with E-state index in [2.05, 4.69) is 10.1 Å². The maximum absolute atomic E-state index is 12.6. The van der Waals surface area contributed by atoms with Crippen molar-refractivity contribution in [2.75, 3.05) is 13.2 Å². The Kier molecular flexibility index (Phi) is 4.09. The first-order valence-corrected chi connectivity index (χ1v) is 8.42. The molecule has 3 aromatic rings. The molecular weight excluding hydrogens is 318 g/mol. The van der Waals surface area contributed by atoms with Crippen LogP contribution in [0.3, 0.4) is 0 Å². The van der Waals surface area contributed by atoms with E-state index in [4.69, 9.17) is 9.26 Å². The van der Waals surface area contributed by atoms with Gasteiger partial charge in [-0.1, -0.05) is 35.5 Å². The largest absolute Gasteiger partial charge is 0.484 e. The Morgan fingerprint density at radius 1 is 1.28 bits per heavy atom.